The second-order valence-electron chi connectivity index (χ2n) is 8.10. The predicted molar refractivity (Wildman–Crippen MR) is 123 cm³/mol. The van der Waals surface area contributed by atoms with Crippen LogP contribution in [-0.4, -0.2) is 13.2 Å². The molecule has 0 unspecified atom stereocenters. The van der Waals surface area contributed by atoms with Gasteiger partial charge in [-0.15, -0.1) is 0 Å². The van der Waals surface area contributed by atoms with Crippen LogP contribution in [0, 0.1) is 0 Å². The van der Waals surface area contributed by atoms with Crippen molar-refractivity contribution in [3.63, 3.8) is 0 Å². The maximum Gasteiger partial charge on any atom is 0.0133 e. The van der Waals surface area contributed by atoms with Crippen molar-refractivity contribution >= 4 is 9.03 Å². The van der Waals surface area contributed by atoms with Gasteiger partial charge >= 0.3 is 0 Å². The molecule has 27 heavy (non-hydrogen) atoms. The number of hydrogen-bond acceptors (Lipinski definition) is 2. The van der Waals surface area contributed by atoms with E-state index in [-0.39, 0.29) is 0 Å². The third kappa shape index (κ3) is 26.4. The summed E-state index contributed by atoms with van der Waals surface area (Å²) in [6.07, 6.45) is 27.5. The third-order valence-electron chi connectivity index (χ3n) is 5.28. The zero-order valence-electron chi connectivity index (χ0n) is 18.8. The van der Waals surface area contributed by atoms with Crippen molar-refractivity contribution in [3.05, 3.63) is 0 Å². The van der Waals surface area contributed by atoms with Crippen LogP contribution in [0.4, 0.5) is 0 Å². The summed E-state index contributed by atoms with van der Waals surface area (Å²) in [6.45, 7) is 6.28. The third-order valence-corrected chi connectivity index (χ3v) is 5.86. The molecule has 0 saturated heterocycles. The van der Waals surface area contributed by atoms with Crippen LogP contribution in [0.2, 0.25) is 0 Å². The van der Waals surface area contributed by atoms with Crippen molar-refractivity contribution in [2.45, 2.75) is 142 Å². The molecule has 0 atom stereocenters. The van der Waals surface area contributed by atoms with E-state index in [0.29, 0.717) is 0 Å². The molecule has 0 aliphatic carbocycles. The number of unbranched alkanes of at least 4 members (excludes halogenated alkanes) is 18. The predicted octanol–water partition coefficient (Wildman–Crippen LogP) is 9.64. The standard InChI is InChI=1S/C24H50O2P/c1-3-5-7-9-11-13-15-17-19-21-23-25-27-26-24-22-20-18-16-14-12-10-8-6-4-2/h3-24H2,1-2H3/q-1. The first-order valence-corrected chi connectivity index (χ1v) is 13.1. The molecule has 0 aromatic heterocycles. The summed E-state index contributed by atoms with van der Waals surface area (Å²) in [7, 11) is 0.734. The SMILES string of the molecule is CCCCCCCCCCCCO[P-]OCCCCCCCCCCCC. The molecule has 0 bridgehead atoms. The highest BCUT2D eigenvalue weighted by Gasteiger charge is 1.93. The molecule has 0 aliphatic heterocycles. The first-order valence-electron chi connectivity index (χ1n) is 12.4. The average Bonchev–Trinajstić information content (AvgIpc) is 2.68. The van der Waals surface area contributed by atoms with Crippen LogP contribution < -0.4 is 0 Å². The van der Waals surface area contributed by atoms with Crippen molar-refractivity contribution in [2.75, 3.05) is 13.2 Å². The molecule has 0 aliphatic rings. The van der Waals surface area contributed by atoms with Crippen molar-refractivity contribution in [1.29, 1.82) is 0 Å². The lowest BCUT2D eigenvalue weighted by Gasteiger charge is -2.20. The van der Waals surface area contributed by atoms with Gasteiger partial charge in [-0.2, -0.15) is 0 Å². The Balaban J connectivity index is 2.95. The summed E-state index contributed by atoms with van der Waals surface area (Å²) in [4.78, 5) is 0. The minimum absolute atomic E-state index is 0.734. The summed E-state index contributed by atoms with van der Waals surface area (Å²) < 4.78 is 11.1. The molecule has 0 amide bonds. The van der Waals surface area contributed by atoms with Crippen LogP contribution in [0.5, 0.6) is 0 Å². The van der Waals surface area contributed by atoms with Gasteiger partial charge in [0.25, 0.3) is 0 Å². The minimum Gasteiger partial charge on any atom is -0.529 e. The molecule has 0 radical (unpaired) electrons. The van der Waals surface area contributed by atoms with Gasteiger partial charge in [-0.05, 0) is 12.8 Å². The monoisotopic (exact) mass is 401 g/mol. The van der Waals surface area contributed by atoms with Crippen molar-refractivity contribution in [1.82, 2.24) is 0 Å². The van der Waals surface area contributed by atoms with Crippen molar-refractivity contribution in [2.24, 2.45) is 0 Å². The van der Waals surface area contributed by atoms with Gasteiger partial charge in [0.05, 0.1) is 0 Å². The Morgan fingerprint density at radius 2 is 0.630 bits per heavy atom. The van der Waals surface area contributed by atoms with Gasteiger partial charge < -0.3 is 9.05 Å². The molecule has 0 spiro atoms. The Hall–Kier alpha value is 0.350. The molecule has 0 aromatic rings. The van der Waals surface area contributed by atoms with Crippen LogP contribution in [0.1, 0.15) is 142 Å². The molecule has 3 heteroatoms. The van der Waals surface area contributed by atoms with Gasteiger partial charge in [0, 0.05) is 13.2 Å². The lowest BCUT2D eigenvalue weighted by atomic mass is 10.1. The number of hydrogen-bond donors (Lipinski definition) is 0. The molecule has 0 N–H and O–H groups in total. The summed E-state index contributed by atoms with van der Waals surface area (Å²) in [5, 5.41) is 0. The van der Waals surface area contributed by atoms with E-state index in [4.69, 9.17) is 9.05 Å². The van der Waals surface area contributed by atoms with E-state index in [9.17, 15) is 0 Å². The minimum atomic E-state index is 0.734. The Kier molecular flexibility index (Phi) is 26.7. The van der Waals surface area contributed by atoms with Gasteiger partial charge in [-0.1, -0.05) is 129 Å². The average molecular weight is 402 g/mol. The molecular weight excluding hydrogens is 351 g/mol. The normalized spacial score (nSPS) is 11.3. The van der Waals surface area contributed by atoms with E-state index in [1.807, 2.05) is 0 Å². The number of rotatable bonds is 24. The first kappa shape index (κ1) is 27.4. The van der Waals surface area contributed by atoms with E-state index in [2.05, 4.69) is 13.8 Å². The van der Waals surface area contributed by atoms with E-state index in [0.717, 1.165) is 22.2 Å². The van der Waals surface area contributed by atoms with Crippen LogP contribution in [0.25, 0.3) is 0 Å². The van der Waals surface area contributed by atoms with E-state index >= 15 is 0 Å². The smallest absolute Gasteiger partial charge is 0.0133 e. The maximum atomic E-state index is 5.55. The zero-order chi connectivity index (χ0) is 19.7. The molecular formula is C24H50O2P-. The second-order valence-corrected chi connectivity index (χ2v) is 8.77. The summed E-state index contributed by atoms with van der Waals surface area (Å²) in [6, 6.07) is 0. The van der Waals surface area contributed by atoms with Gasteiger partial charge in [0.15, 0.2) is 0 Å². The van der Waals surface area contributed by atoms with Gasteiger partial charge in [-0.25, -0.2) is 9.03 Å². The lowest BCUT2D eigenvalue weighted by Crippen LogP contribution is -1.90. The molecule has 164 valence electrons. The molecule has 0 aromatic carbocycles. The van der Waals surface area contributed by atoms with Crippen molar-refractivity contribution < 1.29 is 9.05 Å². The van der Waals surface area contributed by atoms with E-state index in [1.165, 1.54) is 128 Å². The summed E-state index contributed by atoms with van der Waals surface area (Å²) >= 11 is 0. The first-order chi connectivity index (χ1) is 13.4. The maximum absolute atomic E-state index is 5.55. The Bertz CT molecular complexity index is 225. The lowest BCUT2D eigenvalue weighted by molar-refractivity contribution is 0.256. The molecule has 2 nitrogen and oxygen atoms in total. The van der Waals surface area contributed by atoms with E-state index < -0.39 is 0 Å². The molecule has 0 fully saturated rings. The van der Waals surface area contributed by atoms with Gasteiger partial charge in [0.1, 0.15) is 0 Å². The quantitative estimate of drug-likeness (QED) is 0.118. The largest absolute Gasteiger partial charge is 0.529 e. The van der Waals surface area contributed by atoms with Crippen molar-refractivity contribution in [3.8, 4) is 0 Å². The van der Waals surface area contributed by atoms with Crippen LogP contribution in [-0.2, 0) is 9.05 Å². The molecule has 0 rings (SSSR count). The highest BCUT2D eigenvalue weighted by molar-refractivity contribution is 7.26. The second kappa shape index (κ2) is 26.4. The highest BCUT2D eigenvalue weighted by Crippen LogP contribution is 2.17. The summed E-state index contributed by atoms with van der Waals surface area (Å²) in [5.41, 5.74) is 0. The Labute approximate surface area is 173 Å². The van der Waals surface area contributed by atoms with Gasteiger partial charge in [-0.3, -0.25) is 0 Å². The van der Waals surface area contributed by atoms with E-state index in [1.54, 1.807) is 0 Å². The Morgan fingerprint density at radius 3 is 0.926 bits per heavy atom. The zero-order valence-corrected chi connectivity index (χ0v) is 19.7. The topological polar surface area (TPSA) is 18.5 Å². The molecule has 0 heterocycles. The van der Waals surface area contributed by atoms with Crippen LogP contribution >= 0.6 is 9.03 Å². The van der Waals surface area contributed by atoms with Gasteiger partial charge in [0.2, 0.25) is 0 Å². The fourth-order valence-electron chi connectivity index (χ4n) is 3.42. The summed E-state index contributed by atoms with van der Waals surface area (Å²) in [5.74, 6) is 0. The van der Waals surface area contributed by atoms with Crippen LogP contribution in [0.15, 0.2) is 0 Å². The highest BCUT2D eigenvalue weighted by atomic mass is 31.1. The fourth-order valence-corrected chi connectivity index (χ4v) is 3.90. The Morgan fingerprint density at radius 1 is 0.370 bits per heavy atom. The molecule has 0 saturated carbocycles. The fraction of sp³-hybridized carbons (Fsp3) is 1.00. The van der Waals surface area contributed by atoms with Crippen LogP contribution in [0.3, 0.4) is 0 Å².